The average molecular weight is 233 g/mol. The highest BCUT2D eigenvalue weighted by atomic mass is 16.3. The van der Waals surface area contributed by atoms with Gasteiger partial charge in [0.1, 0.15) is 0 Å². The SMILES string of the molecule is OC[C@H](Cc1ccccc1)NCC1CCCC1. The normalized spacial score (nSPS) is 18.4. The van der Waals surface area contributed by atoms with Crippen LogP contribution in [0.5, 0.6) is 0 Å². The van der Waals surface area contributed by atoms with Crippen molar-refractivity contribution in [1.82, 2.24) is 5.32 Å². The highest BCUT2D eigenvalue weighted by Crippen LogP contribution is 2.23. The van der Waals surface area contributed by atoms with Crippen molar-refractivity contribution in [1.29, 1.82) is 0 Å². The zero-order valence-corrected chi connectivity index (χ0v) is 10.4. The van der Waals surface area contributed by atoms with Gasteiger partial charge in [-0.25, -0.2) is 0 Å². The number of hydrogen-bond acceptors (Lipinski definition) is 2. The summed E-state index contributed by atoms with van der Waals surface area (Å²) in [5.41, 5.74) is 1.30. The molecule has 2 nitrogen and oxygen atoms in total. The molecule has 94 valence electrons. The maximum atomic E-state index is 9.40. The number of hydrogen-bond donors (Lipinski definition) is 2. The Morgan fingerprint density at radius 3 is 2.53 bits per heavy atom. The molecule has 0 saturated heterocycles. The topological polar surface area (TPSA) is 32.3 Å². The fourth-order valence-corrected chi connectivity index (χ4v) is 2.65. The van der Waals surface area contributed by atoms with Crippen LogP contribution in [-0.2, 0) is 6.42 Å². The van der Waals surface area contributed by atoms with Gasteiger partial charge in [0.25, 0.3) is 0 Å². The minimum absolute atomic E-state index is 0.206. The Morgan fingerprint density at radius 2 is 1.88 bits per heavy atom. The van der Waals surface area contributed by atoms with Crippen LogP contribution < -0.4 is 5.32 Å². The molecule has 1 saturated carbocycles. The molecule has 0 aromatic heterocycles. The summed E-state index contributed by atoms with van der Waals surface area (Å²) < 4.78 is 0. The van der Waals surface area contributed by atoms with Crippen molar-refractivity contribution in [3.8, 4) is 0 Å². The lowest BCUT2D eigenvalue weighted by Crippen LogP contribution is -2.37. The van der Waals surface area contributed by atoms with Crippen LogP contribution in [0.1, 0.15) is 31.2 Å². The lowest BCUT2D eigenvalue weighted by molar-refractivity contribution is 0.236. The van der Waals surface area contributed by atoms with Gasteiger partial charge in [-0.1, -0.05) is 43.2 Å². The maximum Gasteiger partial charge on any atom is 0.0587 e. The minimum atomic E-state index is 0.206. The van der Waals surface area contributed by atoms with Gasteiger partial charge < -0.3 is 10.4 Å². The van der Waals surface area contributed by atoms with E-state index in [-0.39, 0.29) is 12.6 Å². The zero-order chi connectivity index (χ0) is 11.9. The van der Waals surface area contributed by atoms with Crippen LogP contribution in [0.4, 0.5) is 0 Å². The zero-order valence-electron chi connectivity index (χ0n) is 10.4. The highest BCUT2D eigenvalue weighted by Gasteiger charge is 2.16. The van der Waals surface area contributed by atoms with Crippen LogP contribution in [0.2, 0.25) is 0 Å². The lowest BCUT2D eigenvalue weighted by Gasteiger charge is -2.19. The third-order valence-electron chi connectivity index (χ3n) is 3.72. The molecule has 0 unspecified atom stereocenters. The van der Waals surface area contributed by atoms with Crippen LogP contribution >= 0.6 is 0 Å². The van der Waals surface area contributed by atoms with Crippen LogP contribution in [0.15, 0.2) is 30.3 Å². The molecular weight excluding hydrogens is 210 g/mol. The molecule has 0 bridgehead atoms. The first kappa shape index (κ1) is 12.6. The van der Waals surface area contributed by atoms with E-state index in [1.807, 2.05) is 6.07 Å². The van der Waals surface area contributed by atoms with Crippen molar-refractivity contribution in [2.24, 2.45) is 5.92 Å². The highest BCUT2D eigenvalue weighted by molar-refractivity contribution is 5.15. The van der Waals surface area contributed by atoms with Crippen molar-refractivity contribution in [3.63, 3.8) is 0 Å². The summed E-state index contributed by atoms with van der Waals surface area (Å²) in [5, 5.41) is 12.9. The molecule has 0 amide bonds. The molecule has 1 aromatic carbocycles. The smallest absolute Gasteiger partial charge is 0.0587 e. The van der Waals surface area contributed by atoms with Crippen molar-refractivity contribution in [2.45, 2.75) is 38.1 Å². The number of benzene rings is 1. The number of aliphatic hydroxyl groups excluding tert-OH is 1. The van der Waals surface area contributed by atoms with Gasteiger partial charge in [-0.2, -0.15) is 0 Å². The molecule has 1 aromatic rings. The van der Waals surface area contributed by atoms with Gasteiger partial charge in [0.2, 0.25) is 0 Å². The van der Waals surface area contributed by atoms with E-state index < -0.39 is 0 Å². The Labute approximate surface area is 104 Å². The van der Waals surface area contributed by atoms with Crippen LogP contribution in [-0.4, -0.2) is 24.3 Å². The monoisotopic (exact) mass is 233 g/mol. The molecular formula is C15H23NO. The van der Waals surface area contributed by atoms with Gasteiger partial charge in [-0.15, -0.1) is 0 Å². The molecule has 2 rings (SSSR count). The van der Waals surface area contributed by atoms with E-state index in [9.17, 15) is 5.11 Å². The maximum absolute atomic E-state index is 9.40. The Bertz CT molecular complexity index is 306. The predicted molar refractivity (Wildman–Crippen MR) is 71.0 cm³/mol. The average Bonchev–Trinajstić information content (AvgIpc) is 2.89. The van der Waals surface area contributed by atoms with Gasteiger partial charge in [-0.05, 0) is 37.3 Å². The first-order valence-electron chi connectivity index (χ1n) is 6.76. The fraction of sp³-hybridized carbons (Fsp3) is 0.600. The number of rotatable bonds is 6. The molecule has 17 heavy (non-hydrogen) atoms. The second kappa shape index (κ2) is 6.77. The first-order chi connectivity index (χ1) is 8.38. The van der Waals surface area contributed by atoms with E-state index >= 15 is 0 Å². The molecule has 0 spiro atoms. The fourth-order valence-electron chi connectivity index (χ4n) is 2.65. The molecule has 0 heterocycles. The third-order valence-corrected chi connectivity index (χ3v) is 3.72. The lowest BCUT2D eigenvalue weighted by atomic mass is 10.0. The predicted octanol–water partition coefficient (Wildman–Crippen LogP) is 2.37. The minimum Gasteiger partial charge on any atom is -0.395 e. The molecule has 2 heteroatoms. The Kier molecular flexibility index (Phi) is 5.02. The van der Waals surface area contributed by atoms with E-state index in [1.165, 1.54) is 31.2 Å². The Balaban J connectivity index is 1.76. The van der Waals surface area contributed by atoms with Crippen molar-refractivity contribution < 1.29 is 5.11 Å². The second-order valence-electron chi connectivity index (χ2n) is 5.13. The summed E-state index contributed by atoms with van der Waals surface area (Å²) >= 11 is 0. The van der Waals surface area contributed by atoms with E-state index in [0.29, 0.717) is 0 Å². The largest absolute Gasteiger partial charge is 0.395 e. The van der Waals surface area contributed by atoms with E-state index in [4.69, 9.17) is 0 Å². The van der Waals surface area contributed by atoms with Gasteiger partial charge in [-0.3, -0.25) is 0 Å². The molecule has 1 aliphatic carbocycles. The third kappa shape index (κ3) is 4.14. The van der Waals surface area contributed by atoms with E-state index in [2.05, 4.69) is 29.6 Å². The molecule has 1 aliphatic rings. The summed E-state index contributed by atoms with van der Waals surface area (Å²) in [7, 11) is 0. The summed E-state index contributed by atoms with van der Waals surface area (Å²) in [6.45, 7) is 1.29. The van der Waals surface area contributed by atoms with E-state index in [0.717, 1.165) is 18.9 Å². The number of nitrogens with one attached hydrogen (secondary N) is 1. The van der Waals surface area contributed by atoms with Crippen LogP contribution in [0, 0.1) is 5.92 Å². The first-order valence-corrected chi connectivity index (χ1v) is 6.76. The molecule has 1 fully saturated rings. The molecule has 1 atom stereocenters. The van der Waals surface area contributed by atoms with Gasteiger partial charge >= 0.3 is 0 Å². The standard InChI is InChI=1S/C15H23NO/c17-12-15(10-13-6-2-1-3-7-13)16-11-14-8-4-5-9-14/h1-3,6-7,14-17H,4-5,8-12H2/t15-/m0/s1. The second-order valence-corrected chi connectivity index (χ2v) is 5.13. The quantitative estimate of drug-likeness (QED) is 0.790. The molecule has 0 aliphatic heterocycles. The van der Waals surface area contributed by atoms with Gasteiger partial charge in [0.05, 0.1) is 6.61 Å². The summed E-state index contributed by atoms with van der Waals surface area (Å²) in [6.07, 6.45) is 6.40. The number of aliphatic hydroxyl groups is 1. The molecule has 2 N–H and O–H groups in total. The van der Waals surface area contributed by atoms with Crippen molar-refractivity contribution in [3.05, 3.63) is 35.9 Å². The summed E-state index contributed by atoms with van der Waals surface area (Å²) in [4.78, 5) is 0. The van der Waals surface area contributed by atoms with Gasteiger partial charge in [0.15, 0.2) is 0 Å². The Hall–Kier alpha value is -0.860. The van der Waals surface area contributed by atoms with E-state index in [1.54, 1.807) is 0 Å². The van der Waals surface area contributed by atoms with Crippen LogP contribution in [0.25, 0.3) is 0 Å². The summed E-state index contributed by atoms with van der Waals surface area (Å²) in [5.74, 6) is 0.833. The van der Waals surface area contributed by atoms with Crippen molar-refractivity contribution in [2.75, 3.05) is 13.2 Å². The van der Waals surface area contributed by atoms with Gasteiger partial charge in [0, 0.05) is 6.04 Å². The molecule has 0 radical (unpaired) electrons. The Morgan fingerprint density at radius 1 is 1.18 bits per heavy atom. The van der Waals surface area contributed by atoms with Crippen LogP contribution in [0.3, 0.4) is 0 Å². The van der Waals surface area contributed by atoms with Crippen molar-refractivity contribution >= 4 is 0 Å². The summed E-state index contributed by atoms with van der Waals surface area (Å²) in [6, 6.07) is 10.6.